The lowest BCUT2D eigenvalue weighted by molar-refractivity contribution is -0.122. The Hall–Kier alpha value is -4.50. The van der Waals surface area contributed by atoms with Gasteiger partial charge in [0.05, 0.1) is 12.3 Å². The van der Waals surface area contributed by atoms with Crippen LogP contribution in [0.15, 0.2) is 90.5 Å². The van der Waals surface area contributed by atoms with Crippen LogP contribution in [0.25, 0.3) is 6.08 Å². The maximum atomic E-state index is 13.4. The highest BCUT2D eigenvalue weighted by Gasteiger charge is 2.36. The highest BCUT2D eigenvalue weighted by molar-refractivity contribution is 6.39. The van der Waals surface area contributed by atoms with Crippen molar-refractivity contribution in [2.24, 2.45) is 0 Å². The van der Waals surface area contributed by atoms with Crippen LogP contribution in [0, 0.1) is 0 Å². The molecule has 4 aromatic rings. The lowest BCUT2D eigenvalue weighted by atomic mass is 10.1. The summed E-state index contributed by atoms with van der Waals surface area (Å²) >= 11 is 18.4. The normalized spacial score (nSPS) is 14.0. The molecule has 224 valence electrons. The van der Waals surface area contributed by atoms with E-state index < -0.39 is 17.8 Å². The third-order valence-corrected chi connectivity index (χ3v) is 7.48. The minimum atomic E-state index is -0.860. The maximum Gasteiger partial charge on any atom is 0.335 e. The van der Waals surface area contributed by atoms with Crippen LogP contribution >= 0.6 is 34.8 Å². The predicted molar refractivity (Wildman–Crippen MR) is 170 cm³/mol. The van der Waals surface area contributed by atoms with Crippen LogP contribution in [0.4, 0.5) is 10.5 Å². The van der Waals surface area contributed by atoms with Gasteiger partial charge in [-0.3, -0.25) is 14.9 Å². The molecule has 1 heterocycles. The quantitative estimate of drug-likeness (QED) is 0.139. The zero-order valence-electron chi connectivity index (χ0n) is 23.3. The molecule has 0 saturated carbocycles. The molecule has 1 fully saturated rings. The smallest absolute Gasteiger partial charge is 0.335 e. The number of benzene rings is 4. The number of carbonyl (C=O) groups is 3. The molecule has 0 radical (unpaired) electrons. The minimum absolute atomic E-state index is 0.165. The van der Waals surface area contributed by atoms with Crippen molar-refractivity contribution in [2.45, 2.75) is 20.1 Å². The van der Waals surface area contributed by atoms with Crippen molar-refractivity contribution >= 4 is 64.4 Å². The summed E-state index contributed by atoms with van der Waals surface area (Å²) in [7, 11) is 0. The molecule has 5 rings (SSSR count). The standard InChI is InChI=1S/C33H25Cl3N2O6/c1-2-42-30-16-20(7-14-29(30)44-19-22-8-9-23(34)17-28(22)36)15-26-31(39)37-33(41)38(32(26)40)24-10-12-25(13-11-24)43-18-21-5-3-4-6-27(21)35/h3-17H,2,18-19H2,1H3,(H,37,39,41)/b26-15+. The van der Waals surface area contributed by atoms with E-state index in [9.17, 15) is 14.4 Å². The molecular weight excluding hydrogens is 627 g/mol. The van der Waals surface area contributed by atoms with Crippen LogP contribution in [-0.2, 0) is 22.8 Å². The van der Waals surface area contributed by atoms with E-state index in [1.807, 2.05) is 25.1 Å². The molecule has 0 atom stereocenters. The summed E-state index contributed by atoms with van der Waals surface area (Å²) in [5.41, 5.74) is 2.07. The maximum absolute atomic E-state index is 13.4. The third kappa shape index (κ3) is 7.17. The largest absolute Gasteiger partial charge is 0.490 e. The average molecular weight is 652 g/mol. The van der Waals surface area contributed by atoms with Gasteiger partial charge in [-0.15, -0.1) is 0 Å². The fourth-order valence-corrected chi connectivity index (χ4v) is 4.98. The zero-order chi connectivity index (χ0) is 31.2. The van der Waals surface area contributed by atoms with E-state index in [1.165, 1.54) is 6.08 Å². The first-order valence-corrected chi connectivity index (χ1v) is 14.6. The van der Waals surface area contributed by atoms with Crippen LogP contribution in [0.1, 0.15) is 23.6 Å². The molecule has 4 aromatic carbocycles. The van der Waals surface area contributed by atoms with Crippen molar-refractivity contribution in [3.05, 3.63) is 122 Å². The zero-order valence-corrected chi connectivity index (χ0v) is 25.6. The lowest BCUT2D eigenvalue weighted by Crippen LogP contribution is -2.54. The third-order valence-electron chi connectivity index (χ3n) is 6.53. The van der Waals surface area contributed by atoms with Crippen LogP contribution in [0.2, 0.25) is 15.1 Å². The SMILES string of the molecule is CCOc1cc(/C=C2\C(=O)NC(=O)N(c3ccc(OCc4ccccc4Cl)cc3)C2=O)ccc1OCc1ccc(Cl)cc1Cl. The van der Waals surface area contributed by atoms with E-state index in [4.69, 9.17) is 49.0 Å². The summed E-state index contributed by atoms with van der Waals surface area (Å²) < 4.78 is 17.5. The number of amides is 4. The fraction of sp³-hybridized carbons (Fsp3) is 0.121. The minimum Gasteiger partial charge on any atom is -0.490 e. The number of halogens is 3. The Labute approximate surface area is 268 Å². The summed E-state index contributed by atoms with van der Waals surface area (Å²) in [5.74, 6) is -0.246. The van der Waals surface area contributed by atoms with Crippen molar-refractivity contribution in [1.82, 2.24) is 5.32 Å². The van der Waals surface area contributed by atoms with Gasteiger partial charge in [0.1, 0.15) is 24.5 Å². The van der Waals surface area contributed by atoms with Crippen molar-refractivity contribution in [3.63, 3.8) is 0 Å². The first-order valence-electron chi connectivity index (χ1n) is 13.4. The molecular formula is C33H25Cl3N2O6. The molecule has 0 spiro atoms. The van der Waals surface area contributed by atoms with Gasteiger partial charge in [0.25, 0.3) is 11.8 Å². The molecule has 44 heavy (non-hydrogen) atoms. The Bertz CT molecular complexity index is 1760. The molecule has 0 bridgehead atoms. The van der Waals surface area contributed by atoms with Crippen LogP contribution in [0.5, 0.6) is 17.2 Å². The lowest BCUT2D eigenvalue weighted by Gasteiger charge is -2.26. The summed E-state index contributed by atoms with van der Waals surface area (Å²) in [4.78, 5) is 39.8. The van der Waals surface area contributed by atoms with E-state index in [2.05, 4.69) is 5.32 Å². The van der Waals surface area contributed by atoms with Gasteiger partial charge in [0.2, 0.25) is 0 Å². The van der Waals surface area contributed by atoms with Crippen LogP contribution in [-0.4, -0.2) is 24.5 Å². The number of anilines is 1. The first kappa shape index (κ1) is 30.9. The molecule has 1 saturated heterocycles. The molecule has 0 unspecified atom stereocenters. The van der Waals surface area contributed by atoms with Gasteiger partial charge in [0.15, 0.2) is 11.5 Å². The first-order chi connectivity index (χ1) is 21.2. The van der Waals surface area contributed by atoms with Crippen molar-refractivity contribution < 1.29 is 28.6 Å². The number of nitrogens with one attached hydrogen (secondary N) is 1. The summed E-state index contributed by atoms with van der Waals surface area (Å²) in [6, 6.07) is 22.9. The second-order valence-electron chi connectivity index (χ2n) is 9.50. The highest BCUT2D eigenvalue weighted by atomic mass is 35.5. The Morgan fingerprint density at radius 1 is 0.750 bits per heavy atom. The summed E-state index contributed by atoms with van der Waals surface area (Å²) in [6.07, 6.45) is 1.39. The van der Waals surface area contributed by atoms with Gasteiger partial charge < -0.3 is 14.2 Å². The van der Waals surface area contributed by atoms with E-state index in [1.54, 1.807) is 66.7 Å². The Balaban J connectivity index is 1.33. The number of carbonyl (C=O) groups excluding carboxylic acids is 3. The number of barbiturate groups is 1. The van der Waals surface area contributed by atoms with E-state index in [0.717, 1.165) is 16.0 Å². The number of nitrogens with zero attached hydrogens (tertiary/aromatic N) is 1. The molecule has 8 nitrogen and oxygen atoms in total. The molecule has 1 aliphatic heterocycles. The fourth-order valence-electron chi connectivity index (χ4n) is 4.32. The predicted octanol–water partition coefficient (Wildman–Crippen LogP) is 7.87. The summed E-state index contributed by atoms with van der Waals surface area (Å²) in [6.45, 7) is 2.57. The van der Waals surface area contributed by atoms with Crippen molar-refractivity contribution in [1.29, 1.82) is 0 Å². The molecule has 11 heteroatoms. The second kappa shape index (κ2) is 13.9. The van der Waals surface area contributed by atoms with Crippen molar-refractivity contribution in [2.75, 3.05) is 11.5 Å². The second-order valence-corrected chi connectivity index (χ2v) is 10.7. The Kier molecular flexibility index (Phi) is 9.75. The molecule has 0 aliphatic carbocycles. The topological polar surface area (TPSA) is 94.2 Å². The van der Waals surface area contributed by atoms with Gasteiger partial charge in [-0.05, 0) is 73.2 Å². The highest BCUT2D eigenvalue weighted by Crippen LogP contribution is 2.32. The summed E-state index contributed by atoms with van der Waals surface area (Å²) in [5, 5.41) is 3.80. The van der Waals surface area contributed by atoms with Gasteiger partial charge >= 0.3 is 6.03 Å². The number of rotatable bonds is 10. The number of imide groups is 2. The van der Waals surface area contributed by atoms with Crippen LogP contribution in [0.3, 0.4) is 0 Å². The van der Waals surface area contributed by atoms with Gasteiger partial charge in [-0.25, -0.2) is 9.69 Å². The molecule has 0 aromatic heterocycles. The van der Waals surface area contributed by atoms with Gasteiger partial charge in [-0.1, -0.05) is 65.1 Å². The number of hydrogen-bond acceptors (Lipinski definition) is 6. The number of urea groups is 1. The van der Waals surface area contributed by atoms with E-state index in [0.29, 0.717) is 44.5 Å². The number of hydrogen-bond donors (Lipinski definition) is 1. The van der Waals surface area contributed by atoms with E-state index in [-0.39, 0.29) is 24.5 Å². The number of ether oxygens (including phenoxy) is 3. The molecule has 1 aliphatic rings. The Morgan fingerprint density at radius 3 is 2.20 bits per heavy atom. The van der Waals surface area contributed by atoms with Crippen molar-refractivity contribution in [3.8, 4) is 17.2 Å². The Morgan fingerprint density at radius 2 is 1.48 bits per heavy atom. The van der Waals surface area contributed by atoms with E-state index >= 15 is 0 Å². The average Bonchev–Trinajstić information content (AvgIpc) is 3.00. The molecule has 1 N–H and O–H groups in total. The molecule has 4 amide bonds. The van der Waals surface area contributed by atoms with Gasteiger partial charge in [-0.2, -0.15) is 0 Å². The van der Waals surface area contributed by atoms with Crippen LogP contribution < -0.4 is 24.4 Å². The monoisotopic (exact) mass is 650 g/mol. The van der Waals surface area contributed by atoms with Gasteiger partial charge in [0, 0.05) is 26.2 Å².